The third-order valence-electron chi connectivity index (χ3n) is 5.17. The molecule has 110 valence electrons. The molecule has 0 aromatic heterocycles. The summed E-state index contributed by atoms with van der Waals surface area (Å²) in [6.45, 7) is 6.08. The number of rotatable bonds is 4. The van der Waals surface area contributed by atoms with Gasteiger partial charge >= 0.3 is 0 Å². The number of fused-ring (bicyclic) bond motifs is 1. The number of anilines is 1. The van der Waals surface area contributed by atoms with Crippen LogP contribution >= 0.6 is 0 Å². The standard InChI is InChI=1S/C18H28N2/c1-2-16-8-4-3-7-12-20(16)13-11-15-14-19-18-10-6-5-9-17(15)18/h5-6,9-10,15-16,19H,2-4,7-8,11-14H2,1H3. The van der Waals surface area contributed by atoms with Gasteiger partial charge in [0, 0.05) is 24.2 Å². The molecular formula is C18H28N2. The first-order valence-corrected chi connectivity index (χ1v) is 8.45. The average Bonchev–Trinajstić information content (AvgIpc) is 2.76. The molecule has 3 rings (SSSR count). The smallest absolute Gasteiger partial charge is 0.0376 e. The van der Waals surface area contributed by atoms with Crippen LogP contribution < -0.4 is 5.32 Å². The predicted octanol–water partition coefficient (Wildman–Crippen LogP) is 4.24. The molecule has 0 aliphatic carbocycles. The van der Waals surface area contributed by atoms with Crippen molar-refractivity contribution in [2.45, 2.75) is 57.4 Å². The van der Waals surface area contributed by atoms with E-state index in [4.69, 9.17) is 0 Å². The monoisotopic (exact) mass is 272 g/mol. The van der Waals surface area contributed by atoms with Crippen molar-refractivity contribution in [3.8, 4) is 0 Å². The van der Waals surface area contributed by atoms with Gasteiger partial charge in [-0.05, 0) is 50.4 Å². The van der Waals surface area contributed by atoms with Gasteiger partial charge in [-0.2, -0.15) is 0 Å². The van der Waals surface area contributed by atoms with Crippen molar-refractivity contribution in [2.24, 2.45) is 0 Å². The lowest BCUT2D eigenvalue weighted by Crippen LogP contribution is -2.35. The summed E-state index contributed by atoms with van der Waals surface area (Å²) in [4.78, 5) is 2.77. The Morgan fingerprint density at radius 1 is 1.20 bits per heavy atom. The van der Waals surface area contributed by atoms with E-state index < -0.39 is 0 Å². The Hall–Kier alpha value is -1.02. The highest BCUT2D eigenvalue weighted by Crippen LogP contribution is 2.33. The summed E-state index contributed by atoms with van der Waals surface area (Å²) in [6.07, 6.45) is 8.30. The second-order valence-electron chi connectivity index (χ2n) is 6.40. The van der Waals surface area contributed by atoms with Crippen LogP contribution in [0.5, 0.6) is 0 Å². The van der Waals surface area contributed by atoms with Crippen LogP contribution in [0.3, 0.4) is 0 Å². The van der Waals surface area contributed by atoms with Crippen LogP contribution in [-0.2, 0) is 0 Å². The van der Waals surface area contributed by atoms with Gasteiger partial charge in [0.2, 0.25) is 0 Å². The summed E-state index contributed by atoms with van der Waals surface area (Å²) < 4.78 is 0. The molecule has 2 heterocycles. The Labute approximate surface area is 123 Å². The van der Waals surface area contributed by atoms with Crippen molar-refractivity contribution in [1.29, 1.82) is 0 Å². The van der Waals surface area contributed by atoms with Crippen LogP contribution in [0.4, 0.5) is 5.69 Å². The predicted molar refractivity (Wildman–Crippen MR) is 86.4 cm³/mol. The number of hydrogen-bond donors (Lipinski definition) is 1. The Kier molecular flexibility index (Phi) is 4.62. The maximum atomic E-state index is 3.56. The first kappa shape index (κ1) is 13.9. The van der Waals surface area contributed by atoms with Crippen LogP contribution in [0.2, 0.25) is 0 Å². The summed E-state index contributed by atoms with van der Waals surface area (Å²) >= 11 is 0. The molecule has 1 saturated heterocycles. The first-order valence-electron chi connectivity index (χ1n) is 8.45. The molecule has 0 bridgehead atoms. The van der Waals surface area contributed by atoms with E-state index in [0.717, 1.165) is 12.6 Å². The Balaban J connectivity index is 1.59. The van der Waals surface area contributed by atoms with Gasteiger partial charge in [-0.15, -0.1) is 0 Å². The number of hydrogen-bond acceptors (Lipinski definition) is 2. The van der Waals surface area contributed by atoms with Crippen molar-refractivity contribution in [2.75, 3.05) is 25.0 Å². The molecule has 2 heteroatoms. The molecule has 0 amide bonds. The molecule has 1 N–H and O–H groups in total. The fourth-order valence-corrected chi connectivity index (χ4v) is 3.93. The summed E-state index contributed by atoms with van der Waals surface area (Å²) in [5.74, 6) is 0.715. The van der Waals surface area contributed by atoms with E-state index in [1.54, 1.807) is 0 Å². The molecule has 20 heavy (non-hydrogen) atoms. The lowest BCUT2D eigenvalue weighted by atomic mass is 9.97. The minimum atomic E-state index is 0.715. The highest BCUT2D eigenvalue weighted by molar-refractivity contribution is 5.57. The largest absolute Gasteiger partial charge is 0.384 e. The van der Waals surface area contributed by atoms with Crippen molar-refractivity contribution >= 4 is 5.69 Å². The van der Waals surface area contributed by atoms with Crippen molar-refractivity contribution < 1.29 is 0 Å². The molecule has 0 radical (unpaired) electrons. The van der Waals surface area contributed by atoms with Gasteiger partial charge in [-0.1, -0.05) is 38.0 Å². The van der Waals surface area contributed by atoms with Gasteiger partial charge < -0.3 is 10.2 Å². The minimum Gasteiger partial charge on any atom is -0.384 e. The summed E-state index contributed by atoms with van der Waals surface area (Å²) in [5, 5.41) is 3.56. The van der Waals surface area contributed by atoms with E-state index in [-0.39, 0.29) is 0 Å². The van der Waals surface area contributed by atoms with Crippen LogP contribution in [0.15, 0.2) is 24.3 Å². The van der Waals surface area contributed by atoms with Gasteiger partial charge in [0.25, 0.3) is 0 Å². The second-order valence-corrected chi connectivity index (χ2v) is 6.40. The third-order valence-corrected chi connectivity index (χ3v) is 5.17. The molecule has 2 unspecified atom stereocenters. The zero-order chi connectivity index (χ0) is 13.8. The topological polar surface area (TPSA) is 15.3 Å². The number of nitrogens with one attached hydrogen (secondary N) is 1. The fraction of sp³-hybridized carbons (Fsp3) is 0.667. The van der Waals surface area contributed by atoms with E-state index in [0.29, 0.717) is 5.92 Å². The number of likely N-dealkylation sites (tertiary alicyclic amines) is 1. The van der Waals surface area contributed by atoms with E-state index in [1.807, 2.05) is 0 Å². The molecule has 2 aliphatic rings. The quantitative estimate of drug-likeness (QED) is 0.882. The lowest BCUT2D eigenvalue weighted by Gasteiger charge is -2.30. The van der Waals surface area contributed by atoms with Crippen LogP contribution in [-0.4, -0.2) is 30.6 Å². The van der Waals surface area contributed by atoms with Crippen molar-refractivity contribution in [3.63, 3.8) is 0 Å². The molecule has 2 nitrogen and oxygen atoms in total. The SMILES string of the molecule is CCC1CCCCCN1CCC1CNc2ccccc21. The highest BCUT2D eigenvalue weighted by atomic mass is 15.2. The van der Waals surface area contributed by atoms with Gasteiger partial charge in [-0.25, -0.2) is 0 Å². The first-order chi connectivity index (χ1) is 9.88. The molecule has 1 fully saturated rings. The molecule has 1 aromatic carbocycles. The van der Waals surface area contributed by atoms with Crippen LogP contribution in [0, 0.1) is 0 Å². The lowest BCUT2D eigenvalue weighted by molar-refractivity contribution is 0.189. The fourth-order valence-electron chi connectivity index (χ4n) is 3.93. The third kappa shape index (κ3) is 3.01. The highest BCUT2D eigenvalue weighted by Gasteiger charge is 2.24. The molecule has 2 aliphatic heterocycles. The molecular weight excluding hydrogens is 244 g/mol. The maximum Gasteiger partial charge on any atom is 0.0376 e. The molecule has 0 saturated carbocycles. The molecule has 0 spiro atoms. The van der Waals surface area contributed by atoms with E-state index in [1.165, 1.54) is 62.9 Å². The molecule has 2 atom stereocenters. The van der Waals surface area contributed by atoms with E-state index in [9.17, 15) is 0 Å². The number of benzene rings is 1. The summed E-state index contributed by atoms with van der Waals surface area (Å²) in [7, 11) is 0. The Morgan fingerprint density at radius 2 is 2.10 bits per heavy atom. The Bertz CT molecular complexity index is 429. The van der Waals surface area contributed by atoms with Crippen molar-refractivity contribution in [3.05, 3.63) is 29.8 Å². The zero-order valence-corrected chi connectivity index (χ0v) is 12.8. The van der Waals surface area contributed by atoms with Crippen molar-refractivity contribution in [1.82, 2.24) is 4.90 Å². The van der Waals surface area contributed by atoms with Crippen LogP contribution in [0.25, 0.3) is 0 Å². The maximum absolute atomic E-state index is 3.56. The minimum absolute atomic E-state index is 0.715. The number of nitrogens with zero attached hydrogens (tertiary/aromatic N) is 1. The van der Waals surface area contributed by atoms with Crippen LogP contribution in [0.1, 0.15) is 56.9 Å². The number of para-hydroxylation sites is 1. The Morgan fingerprint density at radius 3 is 3.00 bits per heavy atom. The zero-order valence-electron chi connectivity index (χ0n) is 12.8. The van der Waals surface area contributed by atoms with Gasteiger partial charge in [-0.3, -0.25) is 0 Å². The van der Waals surface area contributed by atoms with Gasteiger partial charge in [0.15, 0.2) is 0 Å². The summed E-state index contributed by atoms with van der Waals surface area (Å²) in [6, 6.07) is 9.67. The second kappa shape index (κ2) is 6.62. The van der Waals surface area contributed by atoms with Gasteiger partial charge in [0.05, 0.1) is 0 Å². The average molecular weight is 272 g/mol. The van der Waals surface area contributed by atoms with E-state index in [2.05, 4.69) is 41.4 Å². The summed E-state index contributed by atoms with van der Waals surface area (Å²) in [5.41, 5.74) is 2.90. The molecule has 1 aromatic rings. The van der Waals surface area contributed by atoms with E-state index >= 15 is 0 Å². The normalized spacial score (nSPS) is 26.9. The van der Waals surface area contributed by atoms with Gasteiger partial charge in [0.1, 0.15) is 0 Å².